The molecule has 0 amide bonds. The smallest absolute Gasteiger partial charge is 0.188 e. The first-order valence-corrected chi connectivity index (χ1v) is 5.84. The summed E-state index contributed by atoms with van der Waals surface area (Å²) in [5.41, 5.74) is 0. The Bertz CT molecular complexity index is 452. The summed E-state index contributed by atoms with van der Waals surface area (Å²) in [6.45, 7) is 0. The van der Waals surface area contributed by atoms with Crippen molar-refractivity contribution in [3.63, 3.8) is 0 Å². The van der Waals surface area contributed by atoms with Crippen LogP contribution in [0.15, 0.2) is 17.0 Å². The van der Waals surface area contributed by atoms with Gasteiger partial charge >= 0.3 is 17.4 Å². The SMILES string of the molecule is FC(F)(F)C(F)(F)C(F)(F)Sc1cc(Cl)[c]c(Cl)c1. The van der Waals surface area contributed by atoms with Crippen molar-refractivity contribution >= 4 is 35.0 Å². The molecule has 1 radical (unpaired) electrons. The van der Waals surface area contributed by atoms with Crippen molar-refractivity contribution in [3.8, 4) is 0 Å². The van der Waals surface area contributed by atoms with E-state index < -0.39 is 34.0 Å². The van der Waals surface area contributed by atoms with Crippen LogP contribution >= 0.6 is 35.0 Å². The van der Waals surface area contributed by atoms with Crippen LogP contribution in [-0.4, -0.2) is 17.4 Å². The van der Waals surface area contributed by atoms with E-state index in [1.807, 2.05) is 0 Å². The first-order valence-electron chi connectivity index (χ1n) is 4.26. The van der Waals surface area contributed by atoms with Gasteiger partial charge in [0.15, 0.2) is 0 Å². The van der Waals surface area contributed by atoms with Crippen LogP contribution in [0.4, 0.5) is 30.7 Å². The van der Waals surface area contributed by atoms with Gasteiger partial charge in [0.25, 0.3) is 0 Å². The predicted molar refractivity (Wildman–Crippen MR) is 57.1 cm³/mol. The highest BCUT2D eigenvalue weighted by molar-refractivity contribution is 8.00. The molecule has 0 saturated carbocycles. The molecule has 1 rings (SSSR count). The van der Waals surface area contributed by atoms with Gasteiger partial charge in [-0.2, -0.15) is 30.7 Å². The Hall–Kier alpha value is -0.340. The maximum atomic E-state index is 13.0. The molecule has 0 atom stereocenters. The van der Waals surface area contributed by atoms with Gasteiger partial charge in [0.05, 0.1) is 10.0 Å². The van der Waals surface area contributed by atoms with E-state index in [0.717, 1.165) is 12.1 Å². The molecule has 10 heteroatoms. The third-order valence-electron chi connectivity index (χ3n) is 1.74. The molecular weight excluding hydrogens is 344 g/mol. The number of hydrogen-bond acceptors (Lipinski definition) is 1. The topological polar surface area (TPSA) is 0 Å². The Morgan fingerprint density at radius 1 is 0.895 bits per heavy atom. The van der Waals surface area contributed by atoms with E-state index in [2.05, 4.69) is 6.07 Å². The Balaban J connectivity index is 3.09. The molecule has 0 bridgehead atoms. The number of rotatable bonds is 3. The first kappa shape index (κ1) is 16.7. The summed E-state index contributed by atoms with van der Waals surface area (Å²) >= 11 is 9.77. The maximum absolute atomic E-state index is 13.0. The second-order valence-corrected chi connectivity index (χ2v) is 5.21. The van der Waals surface area contributed by atoms with E-state index in [1.165, 1.54) is 0 Å². The van der Waals surface area contributed by atoms with Gasteiger partial charge < -0.3 is 0 Å². The van der Waals surface area contributed by atoms with Crippen LogP contribution in [0.3, 0.4) is 0 Å². The van der Waals surface area contributed by atoms with Crippen molar-refractivity contribution in [2.24, 2.45) is 0 Å². The number of benzene rings is 1. The summed E-state index contributed by atoms with van der Waals surface area (Å²) in [5, 5.41) is -5.98. The molecule has 0 saturated heterocycles. The molecule has 0 aliphatic carbocycles. The Morgan fingerprint density at radius 2 is 1.32 bits per heavy atom. The standard InChI is InChI=1S/C9H2Cl2F7S/c10-4-1-5(11)3-6(2-4)19-9(17,18)7(12,13)8(14,15)16/h2-3H. The zero-order valence-electron chi connectivity index (χ0n) is 8.46. The second kappa shape index (κ2) is 5.21. The van der Waals surface area contributed by atoms with Crippen LogP contribution in [0, 0.1) is 6.07 Å². The Morgan fingerprint density at radius 3 is 1.68 bits per heavy atom. The first-order chi connectivity index (χ1) is 8.37. The van der Waals surface area contributed by atoms with Crippen LogP contribution in [0.2, 0.25) is 10.0 Å². The van der Waals surface area contributed by atoms with Crippen molar-refractivity contribution < 1.29 is 30.7 Å². The molecule has 0 fully saturated rings. The Kier molecular flexibility index (Phi) is 4.59. The lowest BCUT2D eigenvalue weighted by Crippen LogP contribution is -2.49. The molecule has 0 nitrogen and oxygen atoms in total. The molecule has 0 aliphatic rings. The molecule has 0 unspecified atom stereocenters. The molecule has 0 spiro atoms. The van der Waals surface area contributed by atoms with Crippen LogP contribution in [0.1, 0.15) is 0 Å². The summed E-state index contributed by atoms with van der Waals surface area (Å²) in [6, 6.07) is 3.73. The molecule has 107 valence electrons. The van der Waals surface area contributed by atoms with Crippen molar-refractivity contribution in [2.45, 2.75) is 22.2 Å². The minimum atomic E-state index is -6.38. The molecule has 0 N–H and O–H groups in total. The summed E-state index contributed by atoms with van der Waals surface area (Å²) in [5.74, 6) is -6.19. The highest BCUT2D eigenvalue weighted by Gasteiger charge is 2.73. The van der Waals surface area contributed by atoms with Crippen molar-refractivity contribution in [2.75, 3.05) is 0 Å². The fourth-order valence-corrected chi connectivity index (χ4v) is 2.42. The highest BCUT2D eigenvalue weighted by Crippen LogP contribution is 2.54. The van der Waals surface area contributed by atoms with Gasteiger partial charge in [-0.25, -0.2) is 0 Å². The van der Waals surface area contributed by atoms with Crippen molar-refractivity contribution in [1.82, 2.24) is 0 Å². The monoisotopic (exact) mass is 345 g/mol. The lowest BCUT2D eigenvalue weighted by atomic mass is 10.3. The van der Waals surface area contributed by atoms with Gasteiger partial charge in [0, 0.05) is 11.0 Å². The van der Waals surface area contributed by atoms with Gasteiger partial charge in [0.1, 0.15) is 0 Å². The summed E-state index contributed by atoms with van der Waals surface area (Å²) in [7, 11) is 0. The molecule has 19 heavy (non-hydrogen) atoms. The fourth-order valence-electron chi connectivity index (χ4n) is 0.914. The quantitative estimate of drug-likeness (QED) is 0.502. The van der Waals surface area contributed by atoms with Gasteiger partial charge in [-0.1, -0.05) is 23.2 Å². The van der Waals surface area contributed by atoms with E-state index in [1.54, 1.807) is 0 Å². The van der Waals surface area contributed by atoms with Crippen LogP contribution in [0.25, 0.3) is 0 Å². The molecule has 1 aromatic rings. The molecule has 1 aromatic carbocycles. The minimum Gasteiger partial charge on any atom is -0.188 e. The zero-order chi connectivity index (χ0) is 15.1. The highest BCUT2D eigenvalue weighted by atomic mass is 35.5. The third kappa shape index (κ3) is 3.61. The van der Waals surface area contributed by atoms with Gasteiger partial charge in [-0.15, -0.1) is 0 Å². The number of alkyl halides is 7. The van der Waals surface area contributed by atoms with Gasteiger partial charge in [-0.3, -0.25) is 0 Å². The van der Waals surface area contributed by atoms with Crippen LogP contribution < -0.4 is 0 Å². The van der Waals surface area contributed by atoms with Gasteiger partial charge in [0.2, 0.25) is 0 Å². The van der Waals surface area contributed by atoms with E-state index >= 15 is 0 Å². The average Bonchev–Trinajstić information content (AvgIpc) is 2.12. The molecule has 0 heterocycles. The summed E-state index contributed by atoms with van der Waals surface area (Å²) < 4.78 is 87.0. The zero-order valence-corrected chi connectivity index (χ0v) is 10.8. The van der Waals surface area contributed by atoms with Crippen LogP contribution in [-0.2, 0) is 0 Å². The number of thioether (sulfide) groups is 1. The largest absolute Gasteiger partial charge is 0.460 e. The van der Waals surface area contributed by atoms with Crippen molar-refractivity contribution in [3.05, 3.63) is 28.2 Å². The molecule has 0 aliphatic heterocycles. The third-order valence-corrected chi connectivity index (χ3v) is 3.14. The normalized spacial score (nSPS) is 13.7. The molecule has 0 aromatic heterocycles. The van der Waals surface area contributed by atoms with E-state index in [-0.39, 0.29) is 10.0 Å². The van der Waals surface area contributed by atoms with E-state index in [0.29, 0.717) is 0 Å². The van der Waals surface area contributed by atoms with E-state index in [9.17, 15) is 30.7 Å². The van der Waals surface area contributed by atoms with Crippen LogP contribution in [0.5, 0.6) is 0 Å². The van der Waals surface area contributed by atoms with Gasteiger partial charge in [-0.05, 0) is 23.9 Å². The summed E-state index contributed by atoms with van der Waals surface area (Å²) in [6.07, 6.45) is -6.38. The lowest BCUT2D eigenvalue weighted by Gasteiger charge is -2.27. The maximum Gasteiger partial charge on any atom is 0.460 e. The Labute approximate surface area is 116 Å². The predicted octanol–water partition coefficient (Wildman–Crippen LogP) is 5.68. The second-order valence-electron chi connectivity index (χ2n) is 3.20. The number of halogens is 9. The minimum absolute atomic E-state index is 0.291. The lowest BCUT2D eigenvalue weighted by molar-refractivity contribution is -0.330. The van der Waals surface area contributed by atoms with E-state index in [4.69, 9.17) is 23.2 Å². The summed E-state index contributed by atoms with van der Waals surface area (Å²) in [4.78, 5) is -0.636. The molecular formula is C9H2Cl2F7S. The van der Waals surface area contributed by atoms with Crippen molar-refractivity contribution in [1.29, 1.82) is 0 Å². The fraction of sp³-hybridized carbons (Fsp3) is 0.333. The number of hydrogen-bond donors (Lipinski definition) is 0. The average molecular weight is 346 g/mol.